The molecule has 1 heterocycles. The van der Waals surface area contributed by atoms with E-state index in [0.29, 0.717) is 5.92 Å². The van der Waals surface area contributed by atoms with Crippen LogP contribution >= 0.6 is 0 Å². The van der Waals surface area contributed by atoms with Crippen molar-refractivity contribution in [2.45, 2.75) is 37.7 Å². The molecule has 1 aliphatic heterocycles. The number of aliphatic hydroxyl groups is 1. The van der Waals surface area contributed by atoms with E-state index in [1.54, 1.807) is 0 Å². The Hall–Kier alpha value is -0.0800. The minimum Gasteiger partial charge on any atom is -0.387 e. The molecule has 2 aliphatic rings. The van der Waals surface area contributed by atoms with Gasteiger partial charge in [0.1, 0.15) is 0 Å². The van der Waals surface area contributed by atoms with Gasteiger partial charge in [-0.25, -0.2) is 0 Å². The van der Waals surface area contributed by atoms with E-state index in [-0.39, 0.29) is 5.60 Å². The second-order valence-corrected chi connectivity index (χ2v) is 4.04. The summed E-state index contributed by atoms with van der Waals surface area (Å²) in [5.41, 5.74) is -0.319. The number of rotatable bonds is 1. The van der Waals surface area contributed by atoms with Crippen molar-refractivity contribution in [2.75, 3.05) is 13.1 Å². The summed E-state index contributed by atoms with van der Waals surface area (Å²) in [6.45, 7) is 1.66. The fourth-order valence-corrected chi connectivity index (χ4v) is 2.31. The van der Waals surface area contributed by atoms with Crippen LogP contribution in [-0.4, -0.2) is 23.8 Å². The van der Waals surface area contributed by atoms with E-state index in [4.69, 9.17) is 0 Å². The van der Waals surface area contributed by atoms with Crippen LogP contribution in [0.5, 0.6) is 0 Å². The Morgan fingerprint density at radius 3 is 2.18 bits per heavy atom. The predicted octanol–water partition coefficient (Wildman–Crippen LogP) is 0.901. The Balaban J connectivity index is 1.91. The first-order chi connectivity index (χ1) is 5.31. The molecule has 0 amide bonds. The van der Waals surface area contributed by atoms with Gasteiger partial charge in [0.05, 0.1) is 5.60 Å². The van der Waals surface area contributed by atoms with Gasteiger partial charge >= 0.3 is 0 Å². The SMILES string of the molecule is OC1(C2CCCCC2)CNC1. The van der Waals surface area contributed by atoms with Gasteiger partial charge in [0.2, 0.25) is 0 Å². The van der Waals surface area contributed by atoms with Crippen molar-refractivity contribution >= 4 is 0 Å². The number of nitrogens with one attached hydrogen (secondary N) is 1. The number of β-amino-alcohol motifs (C(OH)–C–C–N with tert-alkyl or cyclic N) is 1. The molecule has 2 rings (SSSR count). The molecule has 0 unspecified atom stereocenters. The highest BCUT2D eigenvalue weighted by Gasteiger charge is 2.42. The van der Waals surface area contributed by atoms with Crippen LogP contribution in [0.4, 0.5) is 0 Å². The van der Waals surface area contributed by atoms with Crippen LogP contribution < -0.4 is 5.32 Å². The summed E-state index contributed by atoms with van der Waals surface area (Å²) in [6, 6.07) is 0. The average molecular weight is 155 g/mol. The summed E-state index contributed by atoms with van der Waals surface area (Å²) < 4.78 is 0. The van der Waals surface area contributed by atoms with Gasteiger partial charge < -0.3 is 10.4 Å². The Kier molecular flexibility index (Phi) is 1.90. The molecule has 0 radical (unpaired) electrons. The van der Waals surface area contributed by atoms with Crippen LogP contribution in [-0.2, 0) is 0 Å². The molecule has 0 atom stereocenters. The lowest BCUT2D eigenvalue weighted by molar-refractivity contribution is -0.0728. The molecule has 1 aliphatic carbocycles. The molecule has 2 heteroatoms. The fourth-order valence-electron chi connectivity index (χ4n) is 2.31. The Morgan fingerprint density at radius 2 is 1.73 bits per heavy atom. The van der Waals surface area contributed by atoms with E-state index in [1.807, 2.05) is 0 Å². The number of hydrogen-bond acceptors (Lipinski definition) is 2. The maximum atomic E-state index is 9.97. The lowest BCUT2D eigenvalue weighted by Crippen LogP contribution is -2.63. The van der Waals surface area contributed by atoms with Crippen molar-refractivity contribution in [1.82, 2.24) is 5.32 Å². The fraction of sp³-hybridized carbons (Fsp3) is 1.00. The summed E-state index contributed by atoms with van der Waals surface area (Å²) in [7, 11) is 0. The van der Waals surface area contributed by atoms with Crippen LogP contribution in [0, 0.1) is 5.92 Å². The van der Waals surface area contributed by atoms with Gasteiger partial charge in [-0.3, -0.25) is 0 Å². The molecule has 0 spiro atoms. The first kappa shape index (κ1) is 7.56. The zero-order valence-electron chi connectivity index (χ0n) is 6.97. The third-order valence-corrected chi connectivity index (χ3v) is 3.23. The quantitative estimate of drug-likeness (QED) is 0.589. The molecule has 1 saturated carbocycles. The summed E-state index contributed by atoms with van der Waals surface area (Å²) >= 11 is 0. The molecule has 0 bridgehead atoms. The van der Waals surface area contributed by atoms with Crippen LogP contribution in [0.15, 0.2) is 0 Å². The minimum absolute atomic E-state index is 0.319. The average Bonchev–Trinajstić information content (AvgIpc) is 2.02. The van der Waals surface area contributed by atoms with E-state index < -0.39 is 0 Å². The van der Waals surface area contributed by atoms with Gasteiger partial charge in [0.15, 0.2) is 0 Å². The summed E-state index contributed by atoms with van der Waals surface area (Å²) in [5.74, 6) is 0.595. The normalized spacial score (nSPS) is 31.4. The molecule has 2 fully saturated rings. The van der Waals surface area contributed by atoms with Crippen molar-refractivity contribution in [2.24, 2.45) is 5.92 Å². The van der Waals surface area contributed by atoms with Crippen LogP contribution in [0.25, 0.3) is 0 Å². The monoisotopic (exact) mass is 155 g/mol. The molecule has 1 saturated heterocycles. The van der Waals surface area contributed by atoms with Crippen molar-refractivity contribution in [3.8, 4) is 0 Å². The third-order valence-electron chi connectivity index (χ3n) is 3.23. The molecule has 2 nitrogen and oxygen atoms in total. The summed E-state index contributed by atoms with van der Waals surface area (Å²) in [5, 5.41) is 13.1. The summed E-state index contributed by atoms with van der Waals surface area (Å²) in [4.78, 5) is 0. The van der Waals surface area contributed by atoms with Crippen molar-refractivity contribution in [1.29, 1.82) is 0 Å². The van der Waals surface area contributed by atoms with Gasteiger partial charge in [-0.2, -0.15) is 0 Å². The van der Waals surface area contributed by atoms with E-state index in [9.17, 15) is 5.11 Å². The van der Waals surface area contributed by atoms with E-state index in [2.05, 4.69) is 5.32 Å². The smallest absolute Gasteiger partial charge is 0.0923 e. The topological polar surface area (TPSA) is 32.3 Å². The van der Waals surface area contributed by atoms with Gasteiger partial charge in [-0.1, -0.05) is 19.3 Å². The largest absolute Gasteiger partial charge is 0.387 e. The number of hydrogen-bond donors (Lipinski definition) is 2. The standard InChI is InChI=1S/C9H17NO/c11-9(6-10-7-9)8-4-2-1-3-5-8/h8,10-11H,1-7H2. The molecule has 0 aromatic rings. The second kappa shape index (κ2) is 2.76. The van der Waals surface area contributed by atoms with Crippen molar-refractivity contribution in [3.05, 3.63) is 0 Å². The molecular weight excluding hydrogens is 138 g/mol. The maximum absolute atomic E-state index is 9.97. The van der Waals surface area contributed by atoms with Gasteiger partial charge in [0, 0.05) is 13.1 Å². The highest BCUT2D eigenvalue weighted by molar-refractivity contribution is 4.98. The van der Waals surface area contributed by atoms with Crippen molar-refractivity contribution < 1.29 is 5.11 Å². The van der Waals surface area contributed by atoms with Crippen LogP contribution in [0.2, 0.25) is 0 Å². The second-order valence-electron chi connectivity index (χ2n) is 4.04. The molecule has 11 heavy (non-hydrogen) atoms. The highest BCUT2D eigenvalue weighted by Crippen LogP contribution is 2.34. The zero-order valence-corrected chi connectivity index (χ0v) is 6.97. The zero-order chi connectivity index (χ0) is 7.73. The Bertz CT molecular complexity index is 136. The Labute approximate surface area is 68.0 Å². The lowest BCUT2D eigenvalue weighted by atomic mass is 9.74. The predicted molar refractivity (Wildman–Crippen MR) is 44.4 cm³/mol. The highest BCUT2D eigenvalue weighted by atomic mass is 16.3. The molecule has 2 N–H and O–H groups in total. The maximum Gasteiger partial charge on any atom is 0.0923 e. The minimum atomic E-state index is -0.319. The van der Waals surface area contributed by atoms with Crippen molar-refractivity contribution in [3.63, 3.8) is 0 Å². The van der Waals surface area contributed by atoms with Gasteiger partial charge in [-0.15, -0.1) is 0 Å². The molecule has 64 valence electrons. The van der Waals surface area contributed by atoms with E-state index >= 15 is 0 Å². The van der Waals surface area contributed by atoms with Gasteiger partial charge in [-0.05, 0) is 18.8 Å². The van der Waals surface area contributed by atoms with Crippen LogP contribution in [0.1, 0.15) is 32.1 Å². The van der Waals surface area contributed by atoms with E-state index in [1.165, 1.54) is 32.1 Å². The Morgan fingerprint density at radius 1 is 1.09 bits per heavy atom. The molecule has 0 aromatic carbocycles. The lowest BCUT2D eigenvalue weighted by Gasteiger charge is -2.45. The van der Waals surface area contributed by atoms with E-state index in [0.717, 1.165) is 13.1 Å². The third kappa shape index (κ3) is 1.30. The molecule has 0 aromatic heterocycles. The molecular formula is C9H17NO. The van der Waals surface area contributed by atoms with Gasteiger partial charge in [0.25, 0.3) is 0 Å². The first-order valence-electron chi connectivity index (χ1n) is 4.74. The first-order valence-corrected chi connectivity index (χ1v) is 4.74. The van der Waals surface area contributed by atoms with Crippen LogP contribution in [0.3, 0.4) is 0 Å². The summed E-state index contributed by atoms with van der Waals surface area (Å²) in [6.07, 6.45) is 6.52.